The number of aliphatic hydroxyl groups is 1. The van der Waals surface area contributed by atoms with Gasteiger partial charge in [0.1, 0.15) is 0 Å². The second-order valence-electron chi connectivity index (χ2n) is 5.64. The first-order chi connectivity index (χ1) is 9.81. The molecule has 0 spiro atoms. The van der Waals surface area contributed by atoms with Crippen molar-refractivity contribution in [1.29, 1.82) is 0 Å². The summed E-state index contributed by atoms with van der Waals surface area (Å²) in [5.74, 6) is 0. The summed E-state index contributed by atoms with van der Waals surface area (Å²) in [5.41, 5.74) is 2.10. The van der Waals surface area contributed by atoms with Crippen LogP contribution in [-0.2, 0) is 12.8 Å². The molecule has 2 heterocycles. The molecule has 0 saturated heterocycles. The zero-order valence-corrected chi connectivity index (χ0v) is 11.7. The van der Waals surface area contributed by atoms with E-state index in [9.17, 15) is 5.11 Å². The Morgan fingerprint density at radius 3 is 2.65 bits per heavy atom. The fourth-order valence-electron chi connectivity index (χ4n) is 2.96. The number of nitrogens with zero attached hydrogens (tertiary/aromatic N) is 3. The van der Waals surface area contributed by atoms with E-state index in [2.05, 4.69) is 21.0 Å². The molecule has 0 radical (unpaired) electrons. The first-order valence-corrected chi connectivity index (χ1v) is 7.42. The van der Waals surface area contributed by atoms with Crippen LogP contribution >= 0.6 is 0 Å². The lowest BCUT2D eigenvalue weighted by Crippen LogP contribution is -2.15. The number of hydrogen-bond donors (Lipinski definition) is 1. The highest BCUT2D eigenvalue weighted by molar-refractivity contribution is 5.12. The van der Waals surface area contributed by atoms with Gasteiger partial charge in [-0.05, 0) is 43.0 Å². The Labute approximate surface area is 119 Å². The molecule has 4 nitrogen and oxygen atoms in total. The molecule has 0 aliphatic heterocycles. The largest absolute Gasteiger partial charge is 0.392 e. The Morgan fingerprint density at radius 1 is 1.15 bits per heavy atom. The molecule has 106 valence electrons. The minimum Gasteiger partial charge on any atom is -0.392 e. The van der Waals surface area contributed by atoms with E-state index in [1.54, 1.807) is 12.4 Å². The van der Waals surface area contributed by atoms with E-state index in [1.807, 2.05) is 18.2 Å². The SMILES string of the molecule is OC(Cc1ccncc1)Cc1ccn(C2CCCC2)n1. The van der Waals surface area contributed by atoms with E-state index in [0.717, 1.165) is 11.3 Å². The van der Waals surface area contributed by atoms with Gasteiger partial charge in [-0.3, -0.25) is 9.67 Å². The van der Waals surface area contributed by atoms with Crippen molar-refractivity contribution < 1.29 is 5.11 Å². The normalized spacial score (nSPS) is 17.4. The second-order valence-corrected chi connectivity index (χ2v) is 5.64. The molecule has 1 saturated carbocycles. The van der Waals surface area contributed by atoms with Gasteiger partial charge in [0.15, 0.2) is 0 Å². The topological polar surface area (TPSA) is 50.9 Å². The van der Waals surface area contributed by atoms with Crippen LogP contribution in [0.4, 0.5) is 0 Å². The first-order valence-electron chi connectivity index (χ1n) is 7.42. The molecular weight excluding hydrogens is 250 g/mol. The molecule has 0 amide bonds. The Kier molecular flexibility index (Phi) is 4.11. The highest BCUT2D eigenvalue weighted by atomic mass is 16.3. The molecule has 1 fully saturated rings. The lowest BCUT2D eigenvalue weighted by atomic mass is 10.1. The molecule has 1 unspecified atom stereocenters. The first kappa shape index (κ1) is 13.3. The van der Waals surface area contributed by atoms with Gasteiger partial charge >= 0.3 is 0 Å². The number of pyridine rings is 1. The van der Waals surface area contributed by atoms with Crippen molar-refractivity contribution in [3.05, 3.63) is 48.0 Å². The quantitative estimate of drug-likeness (QED) is 0.909. The third-order valence-corrected chi connectivity index (χ3v) is 4.03. The maximum atomic E-state index is 10.2. The summed E-state index contributed by atoms with van der Waals surface area (Å²) in [5, 5.41) is 14.8. The Hall–Kier alpha value is -1.68. The third kappa shape index (κ3) is 3.25. The molecule has 1 aliphatic rings. The van der Waals surface area contributed by atoms with Gasteiger partial charge in [0, 0.05) is 25.0 Å². The van der Waals surface area contributed by atoms with Gasteiger partial charge < -0.3 is 5.11 Å². The summed E-state index contributed by atoms with van der Waals surface area (Å²) in [6, 6.07) is 6.50. The van der Waals surface area contributed by atoms with E-state index in [-0.39, 0.29) is 6.10 Å². The lowest BCUT2D eigenvalue weighted by Gasteiger charge is -2.10. The summed E-state index contributed by atoms with van der Waals surface area (Å²) >= 11 is 0. The maximum Gasteiger partial charge on any atom is 0.0650 e. The Bertz CT molecular complexity index is 532. The van der Waals surface area contributed by atoms with Crippen molar-refractivity contribution >= 4 is 0 Å². The summed E-state index contributed by atoms with van der Waals surface area (Å²) in [7, 11) is 0. The molecule has 1 atom stereocenters. The van der Waals surface area contributed by atoms with Crippen molar-refractivity contribution in [2.24, 2.45) is 0 Å². The minimum atomic E-state index is -0.385. The van der Waals surface area contributed by atoms with Crippen LogP contribution in [0.5, 0.6) is 0 Å². The lowest BCUT2D eigenvalue weighted by molar-refractivity contribution is 0.174. The van der Waals surface area contributed by atoms with Gasteiger partial charge in [0.25, 0.3) is 0 Å². The van der Waals surface area contributed by atoms with Crippen LogP contribution in [0.1, 0.15) is 43.0 Å². The maximum absolute atomic E-state index is 10.2. The van der Waals surface area contributed by atoms with Crippen LogP contribution in [0, 0.1) is 0 Å². The predicted molar refractivity (Wildman–Crippen MR) is 77.4 cm³/mol. The molecule has 0 aromatic carbocycles. The number of hydrogen-bond acceptors (Lipinski definition) is 3. The van der Waals surface area contributed by atoms with Crippen molar-refractivity contribution in [2.75, 3.05) is 0 Å². The van der Waals surface area contributed by atoms with Gasteiger partial charge in [-0.1, -0.05) is 12.8 Å². The van der Waals surface area contributed by atoms with Gasteiger partial charge in [-0.15, -0.1) is 0 Å². The average molecular weight is 271 g/mol. The van der Waals surface area contributed by atoms with E-state index in [1.165, 1.54) is 25.7 Å². The number of rotatable bonds is 5. The standard InChI is InChI=1S/C16H21N3O/c20-16(11-13-5-8-17-9-6-13)12-14-7-10-19(18-14)15-3-1-2-4-15/h5-10,15-16,20H,1-4,11-12H2. The fourth-order valence-corrected chi connectivity index (χ4v) is 2.96. The van der Waals surface area contributed by atoms with Gasteiger partial charge in [-0.2, -0.15) is 5.10 Å². The molecule has 2 aromatic heterocycles. The predicted octanol–water partition coefficient (Wildman–Crippen LogP) is 2.54. The van der Waals surface area contributed by atoms with Crippen LogP contribution in [0.2, 0.25) is 0 Å². The van der Waals surface area contributed by atoms with Crippen LogP contribution in [-0.4, -0.2) is 26.0 Å². The Morgan fingerprint density at radius 2 is 1.90 bits per heavy atom. The van der Waals surface area contributed by atoms with Crippen molar-refractivity contribution in [3.63, 3.8) is 0 Å². The monoisotopic (exact) mass is 271 g/mol. The van der Waals surface area contributed by atoms with Crippen LogP contribution in [0.15, 0.2) is 36.8 Å². The van der Waals surface area contributed by atoms with Crippen molar-refractivity contribution in [2.45, 2.75) is 50.7 Å². The van der Waals surface area contributed by atoms with Gasteiger partial charge in [-0.25, -0.2) is 0 Å². The highest BCUT2D eigenvalue weighted by Crippen LogP contribution is 2.28. The van der Waals surface area contributed by atoms with Crippen molar-refractivity contribution in [1.82, 2.24) is 14.8 Å². The van der Waals surface area contributed by atoms with E-state index in [4.69, 9.17) is 0 Å². The molecule has 4 heteroatoms. The third-order valence-electron chi connectivity index (χ3n) is 4.03. The average Bonchev–Trinajstić information content (AvgIpc) is 3.10. The van der Waals surface area contributed by atoms with E-state index < -0.39 is 0 Å². The van der Waals surface area contributed by atoms with Gasteiger partial charge in [0.05, 0.1) is 17.8 Å². The molecule has 0 bridgehead atoms. The zero-order chi connectivity index (χ0) is 13.8. The molecule has 3 rings (SSSR count). The molecule has 2 aromatic rings. The van der Waals surface area contributed by atoms with E-state index in [0.29, 0.717) is 18.9 Å². The smallest absolute Gasteiger partial charge is 0.0650 e. The van der Waals surface area contributed by atoms with Crippen LogP contribution < -0.4 is 0 Å². The molecule has 1 aliphatic carbocycles. The molecule has 1 N–H and O–H groups in total. The molecule has 20 heavy (non-hydrogen) atoms. The second kappa shape index (κ2) is 6.18. The Balaban J connectivity index is 1.57. The highest BCUT2D eigenvalue weighted by Gasteiger charge is 2.18. The minimum absolute atomic E-state index is 0.385. The number of aliphatic hydroxyl groups excluding tert-OH is 1. The van der Waals surface area contributed by atoms with Crippen LogP contribution in [0.25, 0.3) is 0 Å². The van der Waals surface area contributed by atoms with E-state index >= 15 is 0 Å². The number of aromatic nitrogens is 3. The summed E-state index contributed by atoms with van der Waals surface area (Å²) in [6.07, 6.45) is 11.6. The molecular formula is C16H21N3O. The summed E-state index contributed by atoms with van der Waals surface area (Å²) in [4.78, 5) is 3.99. The van der Waals surface area contributed by atoms with Gasteiger partial charge in [0.2, 0.25) is 0 Å². The van der Waals surface area contributed by atoms with Crippen LogP contribution in [0.3, 0.4) is 0 Å². The summed E-state index contributed by atoms with van der Waals surface area (Å²) < 4.78 is 2.08. The van der Waals surface area contributed by atoms with Crippen molar-refractivity contribution in [3.8, 4) is 0 Å². The fraction of sp³-hybridized carbons (Fsp3) is 0.500. The summed E-state index contributed by atoms with van der Waals surface area (Å²) in [6.45, 7) is 0. The zero-order valence-electron chi connectivity index (χ0n) is 11.7.